The smallest absolute Gasteiger partial charge is 0.321 e. The molecular formula is C23H25N5O2. The number of carbonyl (C=O) groups excluding carboxylic acids is 1. The molecule has 0 aliphatic carbocycles. The Labute approximate surface area is 176 Å². The number of piperazine rings is 1. The molecule has 1 aliphatic rings. The minimum atomic E-state index is -0.108. The van der Waals surface area contributed by atoms with Gasteiger partial charge in [-0.1, -0.05) is 30.3 Å². The van der Waals surface area contributed by atoms with Crippen molar-refractivity contribution in [3.8, 4) is 17.0 Å². The Hall–Kier alpha value is -3.61. The van der Waals surface area contributed by atoms with Gasteiger partial charge in [-0.15, -0.1) is 10.2 Å². The number of ether oxygens (including phenoxy) is 1. The molecule has 2 aromatic carbocycles. The average molecular weight is 403 g/mol. The van der Waals surface area contributed by atoms with Crippen LogP contribution in [0.2, 0.25) is 0 Å². The molecule has 0 bridgehead atoms. The lowest BCUT2D eigenvalue weighted by Crippen LogP contribution is -2.50. The molecule has 1 aliphatic heterocycles. The zero-order valence-electron chi connectivity index (χ0n) is 17.2. The maximum absolute atomic E-state index is 12.6. The maximum Gasteiger partial charge on any atom is 0.321 e. The largest absolute Gasteiger partial charge is 0.497 e. The minimum absolute atomic E-state index is 0.108. The lowest BCUT2D eigenvalue weighted by molar-refractivity contribution is 0.208. The first-order chi connectivity index (χ1) is 14.6. The average Bonchev–Trinajstić information content (AvgIpc) is 2.80. The summed E-state index contributed by atoms with van der Waals surface area (Å²) in [6, 6.07) is 19.4. The van der Waals surface area contributed by atoms with E-state index in [9.17, 15) is 4.79 Å². The van der Waals surface area contributed by atoms with Crippen LogP contribution in [0.5, 0.6) is 5.75 Å². The molecule has 1 N–H and O–H groups in total. The van der Waals surface area contributed by atoms with Gasteiger partial charge in [-0.25, -0.2) is 4.79 Å². The molecule has 0 saturated carbocycles. The number of urea groups is 1. The summed E-state index contributed by atoms with van der Waals surface area (Å²) >= 11 is 0. The Morgan fingerprint density at radius 2 is 1.77 bits per heavy atom. The summed E-state index contributed by atoms with van der Waals surface area (Å²) in [6.07, 6.45) is 0. The van der Waals surface area contributed by atoms with Crippen LogP contribution in [0.4, 0.5) is 16.3 Å². The number of amides is 2. The van der Waals surface area contributed by atoms with Crippen molar-refractivity contribution in [1.29, 1.82) is 0 Å². The second kappa shape index (κ2) is 8.82. The zero-order valence-corrected chi connectivity index (χ0v) is 17.2. The van der Waals surface area contributed by atoms with E-state index < -0.39 is 0 Å². The molecule has 0 unspecified atom stereocenters. The van der Waals surface area contributed by atoms with Crippen molar-refractivity contribution >= 4 is 17.5 Å². The van der Waals surface area contributed by atoms with Crippen LogP contribution in [0.15, 0.2) is 60.7 Å². The third kappa shape index (κ3) is 4.35. The molecule has 154 valence electrons. The molecule has 4 rings (SSSR count). The summed E-state index contributed by atoms with van der Waals surface area (Å²) in [7, 11) is 1.61. The Kier molecular flexibility index (Phi) is 5.79. The third-order valence-corrected chi connectivity index (χ3v) is 5.28. The van der Waals surface area contributed by atoms with Crippen LogP contribution >= 0.6 is 0 Å². The molecule has 1 saturated heterocycles. The Bertz CT molecular complexity index is 1010. The Morgan fingerprint density at radius 1 is 0.967 bits per heavy atom. The van der Waals surface area contributed by atoms with Crippen LogP contribution in [0, 0.1) is 6.92 Å². The predicted octanol–water partition coefficient (Wildman–Crippen LogP) is 3.81. The number of hydrogen-bond donors (Lipinski definition) is 1. The zero-order chi connectivity index (χ0) is 20.9. The van der Waals surface area contributed by atoms with E-state index in [0.717, 1.165) is 22.8 Å². The molecule has 1 fully saturated rings. The van der Waals surface area contributed by atoms with Gasteiger partial charge in [0.25, 0.3) is 0 Å². The van der Waals surface area contributed by atoms with Gasteiger partial charge in [-0.05, 0) is 36.8 Å². The van der Waals surface area contributed by atoms with E-state index in [2.05, 4.69) is 39.5 Å². The number of nitrogens with one attached hydrogen (secondary N) is 1. The fourth-order valence-electron chi connectivity index (χ4n) is 3.54. The van der Waals surface area contributed by atoms with Crippen molar-refractivity contribution in [1.82, 2.24) is 15.1 Å². The highest BCUT2D eigenvalue weighted by Crippen LogP contribution is 2.22. The molecule has 0 atom stereocenters. The van der Waals surface area contributed by atoms with Crippen molar-refractivity contribution in [3.05, 3.63) is 66.2 Å². The van der Waals surface area contributed by atoms with E-state index in [1.807, 2.05) is 47.4 Å². The lowest BCUT2D eigenvalue weighted by atomic mass is 10.1. The predicted molar refractivity (Wildman–Crippen MR) is 118 cm³/mol. The number of hydrogen-bond acceptors (Lipinski definition) is 5. The Morgan fingerprint density at radius 3 is 2.47 bits per heavy atom. The second-order valence-corrected chi connectivity index (χ2v) is 7.23. The molecule has 7 nitrogen and oxygen atoms in total. The van der Waals surface area contributed by atoms with Crippen LogP contribution in [-0.2, 0) is 0 Å². The maximum atomic E-state index is 12.6. The number of carbonyl (C=O) groups is 1. The highest BCUT2D eigenvalue weighted by Gasteiger charge is 2.22. The molecule has 0 spiro atoms. The van der Waals surface area contributed by atoms with Gasteiger partial charge in [0.1, 0.15) is 5.75 Å². The molecule has 1 aromatic heterocycles. The van der Waals surface area contributed by atoms with Crippen LogP contribution < -0.4 is 15.0 Å². The fourth-order valence-corrected chi connectivity index (χ4v) is 3.54. The molecule has 2 heterocycles. The minimum Gasteiger partial charge on any atom is -0.497 e. The molecule has 0 radical (unpaired) electrons. The van der Waals surface area contributed by atoms with Crippen molar-refractivity contribution in [2.24, 2.45) is 0 Å². The summed E-state index contributed by atoms with van der Waals surface area (Å²) in [6.45, 7) is 4.74. The number of benzene rings is 2. The number of nitrogens with zero attached hydrogens (tertiary/aromatic N) is 4. The molecule has 2 amide bonds. The number of aryl methyl sites for hydroxylation is 1. The monoisotopic (exact) mass is 403 g/mol. The van der Waals surface area contributed by atoms with Crippen molar-refractivity contribution in [3.63, 3.8) is 0 Å². The van der Waals surface area contributed by atoms with Gasteiger partial charge in [-0.3, -0.25) is 0 Å². The highest BCUT2D eigenvalue weighted by molar-refractivity contribution is 5.89. The SMILES string of the molecule is COc1cccc(NC(=O)N2CCN(c3ccc(-c4ccccc4C)nn3)CC2)c1. The highest BCUT2D eigenvalue weighted by atomic mass is 16.5. The molecule has 3 aromatic rings. The van der Waals surface area contributed by atoms with Crippen LogP contribution in [0.25, 0.3) is 11.3 Å². The fraction of sp³-hybridized carbons (Fsp3) is 0.261. The van der Waals surface area contributed by atoms with E-state index >= 15 is 0 Å². The van der Waals surface area contributed by atoms with Gasteiger partial charge in [-0.2, -0.15) is 0 Å². The molecular weight excluding hydrogens is 378 g/mol. The van der Waals surface area contributed by atoms with E-state index in [0.29, 0.717) is 31.9 Å². The second-order valence-electron chi connectivity index (χ2n) is 7.23. The molecule has 7 heteroatoms. The van der Waals surface area contributed by atoms with Gasteiger partial charge in [0.15, 0.2) is 5.82 Å². The number of methoxy groups -OCH3 is 1. The molecule has 30 heavy (non-hydrogen) atoms. The first-order valence-corrected chi connectivity index (χ1v) is 9.99. The summed E-state index contributed by atoms with van der Waals surface area (Å²) in [5.74, 6) is 1.55. The van der Waals surface area contributed by atoms with Gasteiger partial charge in [0, 0.05) is 43.5 Å². The normalized spacial score (nSPS) is 13.8. The van der Waals surface area contributed by atoms with E-state index in [4.69, 9.17) is 4.74 Å². The number of aromatic nitrogens is 2. The van der Waals surface area contributed by atoms with Gasteiger partial charge in [0.05, 0.1) is 12.8 Å². The summed E-state index contributed by atoms with van der Waals surface area (Å²) in [4.78, 5) is 16.5. The van der Waals surface area contributed by atoms with Crippen molar-refractivity contribution in [2.45, 2.75) is 6.92 Å². The third-order valence-electron chi connectivity index (χ3n) is 5.28. The van der Waals surface area contributed by atoms with Crippen molar-refractivity contribution in [2.75, 3.05) is 43.5 Å². The first kappa shape index (κ1) is 19.7. The van der Waals surface area contributed by atoms with E-state index in [1.165, 1.54) is 5.56 Å². The van der Waals surface area contributed by atoms with Crippen LogP contribution in [-0.4, -0.2) is 54.4 Å². The van der Waals surface area contributed by atoms with E-state index in [-0.39, 0.29) is 6.03 Å². The summed E-state index contributed by atoms with van der Waals surface area (Å²) in [5.41, 5.74) is 3.86. The first-order valence-electron chi connectivity index (χ1n) is 9.99. The standard InChI is InChI=1S/C23H25N5O2/c1-17-6-3-4-9-20(17)21-10-11-22(26-25-21)27-12-14-28(15-13-27)23(29)24-18-7-5-8-19(16-18)30-2/h3-11,16H,12-15H2,1-2H3,(H,24,29). The topological polar surface area (TPSA) is 70.6 Å². The lowest BCUT2D eigenvalue weighted by Gasteiger charge is -2.35. The van der Waals surface area contributed by atoms with Crippen molar-refractivity contribution < 1.29 is 9.53 Å². The quantitative estimate of drug-likeness (QED) is 0.717. The van der Waals surface area contributed by atoms with Gasteiger partial charge >= 0.3 is 6.03 Å². The Balaban J connectivity index is 1.35. The van der Waals surface area contributed by atoms with Gasteiger partial charge in [0.2, 0.25) is 0 Å². The van der Waals surface area contributed by atoms with Crippen LogP contribution in [0.1, 0.15) is 5.56 Å². The number of anilines is 2. The number of rotatable bonds is 4. The summed E-state index contributed by atoms with van der Waals surface area (Å²) in [5, 5.41) is 11.8. The van der Waals surface area contributed by atoms with E-state index in [1.54, 1.807) is 13.2 Å². The summed E-state index contributed by atoms with van der Waals surface area (Å²) < 4.78 is 5.20. The van der Waals surface area contributed by atoms with Gasteiger partial charge < -0.3 is 19.9 Å². The van der Waals surface area contributed by atoms with Crippen LogP contribution in [0.3, 0.4) is 0 Å².